The van der Waals surface area contributed by atoms with Gasteiger partial charge in [-0.3, -0.25) is 9.89 Å². The number of carbonyl (C=O) groups is 2. The van der Waals surface area contributed by atoms with Crippen molar-refractivity contribution >= 4 is 23.5 Å². The minimum atomic E-state index is -1.25. The summed E-state index contributed by atoms with van der Waals surface area (Å²) in [6.07, 6.45) is 0.813. The summed E-state index contributed by atoms with van der Waals surface area (Å²) < 4.78 is 0. The highest BCUT2D eigenvalue weighted by atomic mass is 35.5. The van der Waals surface area contributed by atoms with E-state index in [1.807, 2.05) is 24.3 Å². The second-order valence-electron chi connectivity index (χ2n) is 5.13. The van der Waals surface area contributed by atoms with Crippen LogP contribution in [-0.4, -0.2) is 50.4 Å². The number of aromatic nitrogens is 3. The molecule has 1 unspecified atom stereocenters. The molecular weight excluding hydrogens is 308 g/mol. The molecule has 1 aromatic heterocycles. The average Bonchev–Trinajstić information content (AvgIpc) is 3.17. The average molecular weight is 321 g/mol. The molecule has 1 aliphatic rings. The van der Waals surface area contributed by atoms with Crippen LogP contribution in [0.4, 0.5) is 0 Å². The molecule has 1 fully saturated rings. The van der Waals surface area contributed by atoms with Crippen molar-refractivity contribution in [1.29, 1.82) is 0 Å². The quantitative estimate of drug-likeness (QED) is 0.898. The fourth-order valence-corrected chi connectivity index (χ4v) is 2.75. The predicted molar refractivity (Wildman–Crippen MR) is 78.1 cm³/mol. The van der Waals surface area contributed by atoms with Crippen LogP contribution in [0.5, 0.6) is 0 Å². The van der Waals surface area contributed by atoms with Crippen molar-refractivity contribution in [3.63, 3.8) is 0 Å². The fourth-order valence-electron chi connectivity index (χ4n) is 2.63. The number of H-pyrrole nitrogens is 1. The van der Waals surface area contributed by atoms with E-state index < -0.39 is 11.9 Å². The lowest BCUT2D eigenvalue weighted by atomic mass is 9.99. The Bertz CT molecular complexity index is 713. The first-order valence-corrected chi connectivity index (χ1v) is 7.13. The lowest BCUT2D eigenvalue weighted by Crippen LogP contribution is -2.30. The summed E-state index contributed by atoms with van der Waals surface area (Å²) in [6.45, 7) is 1.07. The van der Waals surface area contributed by atoms with Gasteiger partial charge in [0.1, 0.15) is 0 Å². The predicted octanol–water partition coefficient (Wildman–Crippen LogP) is 1.79. The Hall–Kier alpha value is -2.41. The molecule has 0 spiro atoms. The molecule has 2 aromatic rings. The van der Waals surface area contributed by atoms with E-state index in [-0.39, 0.29) is 17.3 Å². The third-order valence-corrected chi connectivity index (χ3v) is 4.03. The second-order valence-corrected chi connectivity index (χ2v) is 5.57. The van der Waals surface area contributed by atoms with Gasteiger partial charge in [-0.2, -0.15) is 0 Å². The first-order chi connectivity index (χ1) is 10.6. The zero-order chi connectivity index (χ0) is 15.7. The number of carboxylic acid groups (broad SMARTS) is 1. The number of nitrogens with zero attached hydrogens (tertiary/aromatic N) is 3. The molecule has 0 bridgehead atoms. The fraction of sp³-hybridized carbons (Fsp3) is 0.286. The monoisotopic (exact) mass is 320 g/mol. The number of carbonyl (C=O) groups excluding carboxylic acids is 1. The number of amides is 1. The van der Waals surface area contributed by atoms with Gasteiger partial charge < -0.3 is 10.0 Å². The minimum absolute atomic E-state index is 0.149. The van der Waals surface area contributed by atoms with Crippen LogP contribution < -0.4 is 0 Å². The third kappa shape index (κ3) is 2.67. The van der Waals surface area contributed by atoms with Crippen molar-refractivity contribution in [3.8, 4) is 0 Å². The maximum Gasteiger partial charge on any atom is 0.356 e. The number of benzene rings is 1. The number of aromatic carboxylic acids is 1. The SMILES string of the molecule is O=C(O)c1[nH]nnc1C(=O)N1CCC(c2ccc(Cl)cc2)C1. The van der Waals surface area contributed by atoms with Crippen LogP contribution >= 0.6 is 11.6 Å². The van der Waals surface area contributed by atoms with Gasteiger partial charge in [0, 0.05) is 24.0 Å². The summed E-state index contributed by atoms with van der Waals surface area (Å²) in [7, 11) is 0. The minimum Gasteiger partial charge on any atom is -0.476 e. The summed E-state index contributed by atoms with van der Waals surface area (Å²) >= 11 is 5.87. The van der Waals surface area contributed by atoms with Crippen LogP contribution in [0.2, 0.25) is 5.02 Å². The molecule has 114 valence electrons. The van der Waals surface area contributed by atoms with Gasteiger partial charge in [-0.25, -0.2) is 4.79 Å². The lowest BCUT2D eigenvalue weighted by molar-refractivity contribution is 0.0674. The van der Waals surface area contributed by atoms with E-state index in [2.05, 4.69) is 15.4 Å². The van der Waals surface area contributed by atoms with Crippen LogP contribution in [0.1, 0.15) is 38.9 Å². The van der Waals surface area contributed by atoms with Gasteiger partial charge in [0.2, 0.25) is 0 Å². The summed E-state index contributed by atoms with van der Waals surface area (Å²) in [6, 6.07) is 7.53. The molecule has 3 rings (SSSR count). The number of carboxylic acids is 1. The van der Waals surface area contributed by atoms with Gasteiger partial charge >= 0.3 is 5.97 Å². The topological polar surface area (TPSA) is 99.2 Å². The summed E-state index contributed by atoms with van der Waals surface area (Å²) in [4.78, 5) is 25.0. The molecular formula is C14H13ClN4O3. The second kappa shape index (κ2) is 5.76. The molecule has 22 heavy (non-hydrogen) atoms. The van der Waals surface area contributed by atoms with Crippen LogP contribution in [0, 0.1) is 0 Å². The van der Waals surface area contributed by atoms with Crippen molar-refractivity contribution in [1.82, 2.24) is 20.3 Å². The Morgan fingerprint density at radius 3 is 2.73 bits per heavy atom. The number of hydrogen-bond donors (Lipinski definition) is 2. The van der Waals surface area contributed by atoms with Crippen molar-refractivity contribution < 1.29 is 14.7 Å². The highest BCUT2D eigenvalue weighted by Gasteiger charge is 2.31. The third-order valence-electron chi connectivity index (χ3n) is 3.78. The van der Waals surface area contributed by atoms with Crippen molar-refractivity contribution in [2.24, 2.45) is 0 Å². The van der Waals surface area contributed by atoms with Gasteiger partial charge in [0.25, 0.3) is 5.91 Å². The number of rotatable bonds is 3. The van der Waals surface area contributed by atoms with Crippen LogP contribution in [0.15, 0.2) is 24.3 Å². The van der Waals surface area contributed by atoms with Crippen molar-refractivity contribution in [2.45, 2.75) is 12.3 Å². The number of halogens is 1. The first-order valence-electron chi connectivity index (χ1n) is 6.75. The van der Waals surface area contributed by atoms with E-state index in [4.69, 9.17) is 16.7 Å². The molecule has 2 heterocycles. The van der Waals surface area contributed by atoms with Gasteiger partial charge in [0.05, 0.1) is 0 Å². The van der Waals surface area contributed by atoms with Crippen LogP contribution in [0.3, 0.4) is 0 Å². The zero-order valence-corrected chi connectivity index (χ0v) is 12.2. The van der Waals surface area contributed by atoms with Crippen LogP contribution in [0.25, 0.3) is 0 Å². The molecule has 7 nitrogen and oxygen atoms in total. The Kier molecular flexibility index (Phi) is 3.81. The summed E-state index contributed by atoms with van der Waals surface area (Å²) in [5, 5.41) is 18.9. The first kappa shape index (κ1) is 14.5. The number of nitrogens with one attached hydrogen (secondary N) is 1. The molecule has 1 aromatic carbocycles. The Labute approximate surface area is 130 Å². The lowest BCUT2D eigenvalue weighted by Gasteiger charge is -2.15. The number of hydrogen-bond acceptors (Lipinski definition) is 4. The maximum atomic E-state index is 12.4. The molecule has 1 aliphatic heterocycles. The molecule has 1 saturated heterocycles. The highest BCUT2D eigenvalue weighted by Crippen LogP contribution is 2.29. The van der Waals surface area contributed by atoms with Gasteiger partial charge in [-0.1, -0.05) is 28.9 Å². The van der Waals surface area contributed by atoms with Crippen LogP contribution in [-0.2, 0) is 0 Å². The molecule has 0 aliphatic carbocycles. The van der Waals surface area contributed by atoms with Gasteiger partial charge in [-0.05, 0) is 24.1 Å². The van der Waals surface area contributed by atoms with E-state index in [1.54, 1.807) is 4.90 Å². The Morgan fingerprint density at radius 1 is 1.32 bits per heavy atom. The van der Waals surface area contributed by atoms with E-state index in [1.165, 1.54) is 0 Å². The number of aromatic amines is 1. The summed E-state index contributed by atoms with van der Waals surface area (Å²) in [5.74, 6) is -1.45. The Morgan fingerprint density at radius 2 is 2.05 bits per heavy atom. The highest BCUT2D eigenvalue weighted by molar-refractivity contribution is 6.30. The normalized spacial score (nSPS) is 17.7. The van der Waals surface area contributed by atoms with Crippen molar-refractivity contribution in [3.05, 3.63) is 46.2 Å². The Balaban J connectivity index is 1.74. The van der Waals surface area contributed by atoms with Gasteiger partial charge in [-0.15, -0.1) is 5.10 Å². The number of likely N-dealkylation sites (tertiary alicyclic amines) is 1. The molecule has 1 atom stereocenters. The largest absolute Gasteiger partial charge is 0.476 e. The molecule has 0 saturated carbocycles. The molecule has 0 radical (unpaired) electrons. The standard InChI is InChI=1S/C14H13ClN4O3/c15-10-3-1-8(2-4-10)9-5-6-19(7-9)13(20)11-12(14(21)22)17-18-16-11/h1-4,9H,5-7H2,(H,21,22)(H,16,17,18). The summed E-state index contributed by atoms with van der Waals surface area (Å²) in [5.41, 5.74) is 0.683. The van der Waals surface area contributed by atoms with Gasteiger partial charge in [0.15, 0.2) is 11.4 Å². The van der Waals surface area contributed by atoms with E-state index in [0.29, 0.717) is 18.1 Å². The smallest absolute Gasteiger partial charge is 0.356 e. The van der Waals surface area contributed by atoms with E-state index >= 15 is 0 Å². The van der Waals surface area contributed by atoms with E-state index in [9.17, 15) is 9.59 Å². The van der Waals surface area contributed by atoms with Crippen molar-refractivity contribution in [2.75, 3.05) is 13.1 Å². The molecule has 1 amide bonds. The molecule has 2 N–H and O–H groups in total. The van der Waals surface area contributed by atoms with E-state index in [0.717, 1.165) is 12.0 Å². The zero-order valence-electron chi connectivity index (χ0n) is 11.5. The maximum absolute atomic E-state index is 12.4. The molecule has 8 heteroatoms.